The van der Waals surface area contributed by atoms with Crippen LogP contribution in [0.1, 0.15) is 151 Å². The molecule has 0 amide bonds. The molecule has 3 rings (SSSR count). The standard InChI is InChI=1S/C38H56Br2/c1-9-17-25-26(18-10-2)30(22-14-6)34-33(29(25)21-13-5)37(39)35-31(23-15-7)27(19-11-3)28(20-12-4)32(24-16-8)36(35)38(34)40/h9-24H2,1-8H3. The van der Waals surface area contributed by atoms with Gasteiger partial charge in [-0.15, -0.1) is 0 Å². The molecule has 0 saturated carbocycles. The van der Waals surface area contributed by atoms with Crippen LogP contribution in [0.15, 0.2) is 8.95 Å². The molecule has 2 heteroatoms. The van der Waals surface area contributed by atoms with Crippen molar-refractivity contribution in [3.8, 4) is 0 Å². The van der Waals surface area contributed by atoms with E-state index in [4.69, 9.17) is 0 Å². The average Bonchev–Trinajstić information content (AvgIpc) is 2.93. The molecule has 0 aliphatic carbocycles. The van der Waals surface area contributed by atoms with Gasteiger partial charge in [-0.2, -0.15) is 0 Å². The van der Waals surface area contributed by atoms with E-state index in [0.717, 1.165) is 25.7 Å². The highest BCUT2D eigenvalue weighted by Crippen LogP contribution is 2.50. The lowest BCUT2D eigenvalue weighted by atomic mass is 9.78. The summed E-state index contributed by atoms with van der Waals surface area (Å²) in [6, 6.07) is 0. The lowest BCUT2D eigenvalue weighted by Gasteiger charge is -2.29. The van der Waals surface area contributed by atoms with E-state index in [1.54, 1.807) is 44.5 Å². The van der Waals surface area contributed by atoms with Crippen molar-refractivity contribution in [1.29, 1.82) is 0 Å². The van der Waals surface area contributed by atoms with Crippen molar-refractivity contribution in [2.45, 2.75) is 158 Å². The van der Waals surface area contributed by atoms with Gasteiger partial charge in [0.25, 0.3) is 0 Å². The van der Waals surface area contributed by atoms with E-state index in [9.17, 15) is 0 Å². The van der Waals surface area contributed by atoms with Crippen molar-refractivity contribution < 1.29 is 0 Å². The van der Waals surface area contributed by atoms with E-state index >= 15 is 0 Å². The van der Waals surface area contributed by atoms with Gasteiger partial charge in [0.2, 0.25) is 0 Å². The van der Waals surface area contributed by atoms with E-state index in [0.29, 0.717) is 0 Å². The quantitative estimate of drug-likeness (QED) is 0.133. The van der Waals surface area contributed by atoms with Crippen LogP contribution in [0.5, 0.6) is 0 Å². The Labute approximate surface area is 263 Å². The van der Waals surface area contributed by atoms with Crippen LogP contribution in [0.3, 0.4) is 0 Å². The fourth-order valence-electron chi connectivity index (χ4n) is 7.47. The third-order valence-corrected chi connectivity index (χ3v) is 10.4. The number of aryl methyl sites for hydroxylation is 4. The lowest BCUT2D eigenvalue weighted by Crippen LogP contribution is -2.11. The third-order valence-electron chi connectivity index (χ3n) is 8.77. The molecule has 222 valence electrons. The molecular formula is C38H56Br2. The number of hydrogen-bond donors (Lipinski definition) is 0. The average molecular weight is 673 g/mol. The summed E-state index contributed by atoms with van der Waals surface area (Å²) in [4.78, 5) is 0. The molecule has 40 heavy (non-hydrogen) atoms. The number of halogens is 2. The second-order valence-electron chi connectivity index (χ2n) is 12.0. The van der Waals surface area contributed by atoms with Crippen LogP contribution in [0, 0.1) is 0 Å². The maximum Gasteiger partial charge on any atom is 0.0338 e. The first-order valence-electron chi connectivity index (χ1n) is 16.9. The van der Waals surface area contributed by atoms with Gasteiger partial charge in [-0.3, -0.25) is 0 Å². The van der Waals surface area contributed by atoms with E-state index in [1.807, 2.05) is 0 Å². The Hall–Kier alpha value is -0.860. The number of fused-ring (bicyclic) bond motifs is 2. The molecule has 3 aromatic carbocycles. The maximum absolute atomic E-state index is 4.41. The van der Waals surface area contributed by atoms with Gasteiger partial charge in [0.05, 0.1) is 0 Å². The molecule has 0 fully saturated rings. The molecule has 0 aliphatic rings. The molecule has 0 aromatic heterocycles. The first-order valence-corrected chi connectivity index (χ1v) is 18.4. The first-order chi connectivity index (χ1) is 19.4. The molecule has 0 spiro atoms. The summed E-state index contributed by atoms with van der Waals surface area (Å²) in [6.07, 6.45) is 19.0. The molecule has 0 unspecified atom stereocenters. The Bertz CT molecular complexity index is 1100. The van der Waals surface area contributed by atoms with Gasteiger partial charge in [-0.05, 0) is 128 Å². The SMILES string of the molecule is CCCc1c(CCC)c(CCC)c2c(Br)c3c(CCC)c(CCC)c(CCC)c(CCC)c3c(Br)c2c1CCC. The van der Waals surface area contributed by atoms with Gasteiger partial charge in [0, 0.05) is 30.5 Å². The normalized spacial score (nSPS) is 11.8. The minimum atomic E-state index is 1.16. The highest BCUT2D eigenvalue weighted by Gasteiger charge is 2.28. The second-order valence-corrected chi connectivity index (χ2v) is 13.5. The molecule has 0 N–H and O–H groups in total. The smallest absolute Gasteiger partial charge is 0.0338 e. The van der Waals surface area contributed by atoms with Gasteiger partial charge >= 0.3 is 0 Å². The van der Waals surface area contributed by atoms with Crippen molar-refractivity contribution >= 4 is 53.4 Å². The van der Waals surface area contributed by atoms with Crippen molar-refractivity contribution in [2.75, 3.05) is 0 Å². The Balaban J connectivity index is 2.81. The van der Waals surface area contributed by atoms with Crippen LogP contribution in [-0.4, -0.2) is 0 Å². The van der Waals surface area contributed by atoms with Crippen molar-refractivity contribution in [3.63, 3.8) is 0 Å². The zero-order chi connectivity index (χ0) is 29.4. The molecule has 3 aromatic rings. The van der Waals surface area contributed by atoms with Crippen LogP contribution in [0.25, 0.3) is 21.5 Å². The third kappa shape index (κ3) is 6.39. The number of hydrogen-bond acceptors (Lipinski definition) is 0. The first kappa shape index (κ1) is 33.6. The fraction of sp³-hybridized carbons (Fsp3) is 0.632. The van der Waals surface area contributed by atoms with Crippen LogP contribution >= 0.6 is 31.9 Å². The van der Waals surface area contributed by atoms with Crippen LogP contribution in [-0.2, 0) is 51.4 Å². The summed E-state index contributed by atoms with van der Waals surface area (Å²) in [5, 5.41) is 6.11. The Morgan fingerprint density at radius 3 is 0.575 bits per heavy atom. The lowest BCUT2D eigenvalue weighted by molar-refractivity contribution is 0.807. The Kier molecular flexibility index (Phi) is 13.6. The Morgan fingerprint density at radius 2 is 0.425 bits per heavy atom. The molecular weight excluding hydrogens is 616 g/mol. The molecule has 0 nitrogen and oxygen atoms in total. The zero-order valence-electron chi connectivity index (χ0n) is 27.1. The van der Waals surface area contributed by atoms with E-state index < -0.39 is 0 Å². The Morgan fingerprint density at radius 1 is 0.275 bits per heavy atom. The van der Waals surface area contributed by atoms with Gasteiger partial charge in [-0.1, -0.05) is 107 Å². The molecule has 0 aliphatic heterocycles. The summed E-state index contributed by atoms with van der Waals surface area (Å²) in [7, 11) is 0. The fourth-order valence-corrected chi connectivity index (χ4v) is 9.22. The predicted octanol–water partition coefficient (Wildman–Crippen LogP) is 13.1. The molecule has 0 atom stereocenters. The van der Waals surface area contributed by atoms with Crippen LogP contribution in [0.2, 0.25) is 0 Å². The molecule has 0 heterocycles. The van der Waals surface area contributed by atoms with Gasteiger partial charge in [0.1, 0.15) is 0 Å². The minimum Gasteiger partial charge on any atom is -0.0651 e. The maximum atomic E-state index is 4.41. The summed E-state index contributed by atoms with van der Waals surface area (Å²) in [6.45, 7) is 18.9. The van der Waals surface area contributed by atoms with E-state index in [2.05, 4.69) is 87.2 Å². The second kappa shape index (κ2) is 16.1. The molecule has 0 radical (unpaired) electrons. The summed E-state index contributed by atoms with van der Waals surface area (Å²) >= 11 is 8.81. The van der Waals surface area contributed by atoms with Crippen molar-refractivity contribution in [1.82, 2.24) is 0 Å². The van der Waals surface area contributed by atoms with Gasteiger partial charge < -0.3 is 0 Å². The largest absolute Gasteiger partial charge is 0.0651 e. The highest BCUT2D eigenvalue weighted by atomic mass is 79.9. The van der Waals surface area contributed by atoms with Gasteiger partial charge in [0.15, 0.2) is 0 Å². The summed E-state index contributed by atoms with van der Waals surface area (Å²) < 4.78 is 2.78. The van der Waals surface area contributed by atoms with E-state index in [-0.39, 0.29) is 0 Å². The van der Waals surface area contributed by atoms with Gasteiger partial charge in [-0.25, -0.2) is 0 Å². The monoisotopic (exact) mass is 670 g/mol. The van der Waals surface area contributed by atoms with Crippen molar-refractivity contribution in [3.05, 3.63) is 53.5 Å². The number of rotatable bonds is 16. The van der Waals surface area contributed by atoms with Crippen LogP contribution < -0.4 is 0 Å². The van der Waals surface area contributed by atoms with Crippen LogP contribution in [0.4, 0.5) is 0 Å². The highest BCUT2D eigenvalue weighted by molar-refractivity contribution is 9.11. The molecule has 0 bridgehead atoms. The zero-order valence-corrected chi connectivity index (χ0v) is 30.2. The van der Waals surface area contributed by atoms with Crippen molar-refractivity contribution in [2.24, 2.45) is 0 Å². The number of benzene rings is 3. The minimum absolute atomic E-state index is 1.16. The molecule has 0 saturated heterocycles. The summed E-state index contributed by atoms with van der Waals surface area (Å²) in [5.41, 5.74) is 13.2. The topological polar surface area (TPSA) is 0 Å². The predicted molar refractivity (Wildman–Crippen MR) is 189 cm³/mol. The summed E-state index contributed by atoms with van der Waals surface area (Å²) in [5.74, 6) is 0. The van der Waals surface area contributed by atoms with E-state index in [1.165, 1.54) is 108 Å².